The predicted octanol–water partition coefficient (Wildman–Crippen LogP) is 12.2. The standard InChI is InChI=1S/2C22H25N.Ir/c2*1-15(2)12-13-19-14-18-9-5-6-11-21(18)23-22(19)20-10-7-8-16(3)17(20)4;/h2*5-11,14-15H,12-13H2,1-4H3;. The number of para-hydroxylation sites is 2. The number of aromatic nitrogens is 2. The molecule has 2 heterocycles. The summed E-state index contributed by atoms with van der Waals surface area (Å²) in [5.74, 6) is 1.40. The van der Waals surface area contributed by atoms with Crippen LogP contribution in [0.4, 0.5) is 0 Å². The number of hydrogen-bond acceptors (Lipinski definition) is 2. The van der Waals surface area contributed by atoms with Crippen LogP contribution in [0.3, 0.4) is 0 Å². The van der Waals surface area contributed by atoms with Crippen LogP contribution >= 0.6 is 0 Å². The van der Waals surface area contributed by atoms with Crippen LogP contribution in [0.2, 0.25) is 0 Å². The summed E-state index contributed by atoms with van der Waals surface area (Å²) in [5.41, 5.74) is 15.1. The third-order valence-corrected chi connectivity index (χ3v) is 9.31. The van der Waals surface area contributed by atoms with E-state index in [4.69, 9.17) is 9.97 Å². The summed E-state index contributed by atoms with van der Waals surface area (Å²) in [6.07, 6.45) is 4.55. The number of hydrogen-bond donors (Lipinski definition) is 0. The van der Waals surface area contributed by atoms with E-state index in [0.29, 0.717) is 11.8 Å². The van der Waals surface area contributed by atoms with Crippen molar-refractivity contribution >= 4 is 21.8 Å². The zero-order valence-corrected chi connectivity index (χ0v) is 31.8. The SMILES string of the molecule is Cc1cccc(-c2nc3ccccc3cc2CCC(C)C)c1C.Cc1cccc(-c2nc3ccccc3cc2CCC(C)C)c1C.[Ir]. The van der Waals surface area contributed by atoms with E-state index in [-0.39, 0.29) is 20.1 Å². The summed E-state index contributed by atoms with van der Waals surface area (Å²) in [6.45, 7) is 17.9. The fraction of sp³-hybridized carbons (Fsp3) is 0.318. The van der Waals surface area contributed by atoms with Crippen LogP contribution in [0, 0.1) is 39.5 Å². The van der Waals surface area contributed by atoms with Gasteiger partial charge in [-0.15, -0.1) is 0 Å². The van der Waals surface area contributed by atoms with Crippen LogP contribution in [0.5, 0.6) is 0 Å². The Hall–Kier alpha value is -3.65. The molecule has 0 bridgehead atoms. The van der Waals surface area contributed by atoms with Crippen molar-refractivity contribution in [1.82, 2.24) is 9.97 Å². The van der Waals surface area contributed by atoms with E-state index in [2.05, 4.69) is 152 Å². The second-order valence-electron chi connectivity index (χ2n) is 13.7. The Labute approximate surface area is 296 Å². The zero-order chi connectivity index (χ0) is 32.8. The van der Waals surface area contributed by atoms with Crippen molar-refractivity contribution in [3.8, 4) is 22.5 Å². The van der Waals surface area contributed by atoms with Gasteiger partial charge >= 0.3 is 0 Å². The summed E-state index contributed by atoms with van der Waals surface area (Å²) < 4.78 is 0. The number of pyridine rings is 2. The summed E-state index contributed by atoms with van der Waals surface area (Å²) in [5, 5.41) is 2.47. The average Bonchev–Trinajstić information content (AvgIpc) is 3.05. The van der Waals surface area contributed by atoms with Crippen molar-refractivity contribution in [2.24, 2.45) is 11.8 Å². The third kappa shape index (κ3) is 8.83. The van der Waals surface area contributed by atoms with E-state index >= 15 is 0 Å². The van der Waals surface area contributed by atoms with Crippen molar-refractivity contribution in [2.75, 3.05) is 0 Å². The van der Waals surface area contributed by atoms with E-state index in [1.807, 2.05) is 0 Å². The van der Waals surface area contributed by atoms with Gasteiger partial charge in [-0.2, -0.15) is 0 Å². The minimum atomic E-state index is 0. The van der Waals surface area contributed by atoms with Crippen LogP contribution in [0.25, 0.3) is 44.3 Å². The summed E-state index contributed by atoms with van der Waals surface area (Å²) in [6, 6.07) is 34.6. The number of rotatable bonds is 8. The van der Waals surface area contributed by atoms with Gasteiger partial charge < -0.3 is 0 Å². The Morgan fingerprint density at radius 3 is 1.26 bits per heavy atom. The van der Waals surface area contributed by atoms with Gasteiger partial charge in [0.1, 0.15) is 0 Å². The molecule has 1 radical (unpaired) electrons. The van der Waals surface area contributed by atoms with E-state index < -0.39 is 0 Å². The molecule has 0 N–H and O–H groups in total. The first kappa shape index (κ1) is 36.2. The number of aryl methyl sites for hydroxylation is 4. The van der Waals surface area contributed by atoms with Gasteiger partial charge in [0.25, 0.3) is 0 Å². The van der Waals surface area contributed by atoms with Gasteiger partial charge in [-0.05, 0) is 123 Å². The molecule has 6 rings (SSSR count). The Morgan fingerprint density at radius 2 is 0.872 bits per heavy atom. The maximum absolute atomic E-state index is 5.03. The van der Waals surface area contributed by atoms with Crippen LogP contribution in [-0.4, -0.2) is 9.97 Å². The smallest absolute Gasteiger partial charge is 0.0744 e. The fourth-order valence-corrected chi connectivity index (χ4v) is 6.07. The number of fused-ring (bicyclic) bond motifs is 2. The van der Waals surface area contributed by atoms with Crippen LogP contribution < -0.4 is 0 Å². The molecule has 0 unspecified atom stereocenters. The Morgan fingerprint density at radius 1 is 0.489 bits per heavy atom. The van der Waals surface area contributed by atoms with Crippen molar-refractivity contribution in [1.29, 1.82) is 0 Å². The molecule has 0 aliphatic heterocycles. The van der Waals surface area contributed by atoms with Gasteiger partial charge in [0.05, 0.1) is 22.4 Å². The first-order valence-corrected chi connectivity index (χ1v) is 17.0. The Balaban J connectivity index is 0.000000208. The molecule has 0 aliphatic carbocycles. The molecule has 2 aromatic heterocycles. The van der Waals surface area contributed by atoms with E-state index in [1.165, 1.54) is 68.1 Å². The maximum Gasteiger partial charge on any atom is 0.0744 e. The first-order chi connectivity index (χ1) is 22.1. The molecule has 0 amide bonds. The van der Waals surface area contributed by atoms with Crippen molar-refractivity contribution in [3.05, 3.63) is 130 Å². The molecule has 0 saturated carbocycles. The summed E-state index contributed by atoms with van der Waals surface area (Å²) in [4.78, 5) is 10.1. The van der Waals surface area contributed by atoms with Gasteiger partial charge in [0.15, 0.2) is 0 Å². The topological polar surface area (TPSA) is 25.8 Å². The molecule has 0 atom stereocenters. The molecule has 3 heteroatoms. The van der Waals surface area contributed by atoms with Crippen LogP contribution in [0.15, 0.2) is 97.1 Å². The molecule has 245 valence electrons. The van der Waals surface area contributed by atoms with Gasteiger partial charge in [-0.25, -0.2) is 9.97 Å². The molecular weight excluding hydrogens is 749 g/mol. The van der Waals surface area contributed by atoms with Gasteiger partial charge in [-0.1, -0.05) is 100 Å². The third-order valence-electron chi connectivity index (χ3n) is 9.31. The van der Waals surface area contributed by atoms with E-state index in [9.17, 15) is 0 Å². The molecule has 0 fully saturated rings. The zero-order valence-electron chi connectivity index (χ0n) is 29.4. The normalized spacial score (nSPS) is 11.1. The minimum Gasteiger partial charge on any atom is -0.247 e. The minimum absolute atomic E-state index is 0. The average molecular weight is 799 g/mol. The second-order valence-corrected chi connectivity index (χ2v) is 13.7. The Bertz CT molecular complexity index is 1810. The quantitative estimate of drug-likeness (QED) is 0.153. The molecule has 47 heavy (non-hydrogen) atoms. The number of benzene rings is 4. The van der Waals surface area contributed by atoms with Crippen molar-refractivity contribution in [3.63, 3.8) is 0 Å². The monoisotopic (exact) mass is 799 g/mol. The van der Waals surface area contributed by atoms with Crippen molar-refractivity contribution in [2.45, 2.75) is 81.1 Å². The van der Waals surface area contributed by atoms with E-state index in [1.54, 1.807) is 0 Å². The molecule has 6 aromatic rings. The second kappa shape index (κ2) is 16.4. The van der Waals surface area contributed by atoms with Gasteiger partial charge in [0, 0.05) is 42.0 Å². The van der Waals surface area contributed by atoms with Gasteiger partial charge in [0.2, 0.25) is 0 Å². The molecule has 0 saturated heterocycles. The first-order valence-electron chi connectivity index (χ1n) is 17.0. The molecule has 0 aliphatic rings. The van der Waals surface area contributed by atoms with Crippen molar-refractivity contribution < 1.29 is 20.1 Å². The predicted molar refractivity (Wildman–Crippen MR) is 200 cm³/mol. The van der Waals surface area contributed by atoms with Crippen LogP contribution in [0.1, 0.15) is 73.9 Å². The fourth-order valence-electron chi connectivity index (χ4n) is 6.07. The molecule has 2 nitrogen and oxygen atoms in total. The summed E-state index contributed by atoms with van der Waals surface area (Å²) in [7, 11) is 0. The summed E-state index contributed by atoms with van der Waals surface area (Å²) >= 11 is 0. The van der Waals surface area contributed by atoms with Gasteiger partial charge in [-0.3, -0.25) is 0 Å². The Kier molecular flexibility index (Phi) is 12.7. The number of nitrogens with zero attached hydrogens (tertiary/aromatic N) is 2. The van der Waals surface area contributed by atoms with E-state index in [0.717, 1.165) is 35.3 Å². The van der Waals surface area contributed by atoms with Crippen LogP contribution in [-0.2, 0) is 32.9 Å². The largest absolute Gasteiger partial charge is 0.247 e. The molecular formula is C44H50IrN2. The molecule has 4 aromatic carbocycles. The molecule has 0 spiro atoms. The maximum atomic E-state index is 5.03.